The van der Waals surface area contributed by atoms with Gasteiger partial charge in [-0.2, -0.15) is 0 Å². The van der Waals surface area contributed by atoms with Crippen molar-refractivity contribution in [1.29, 1.82) is 0 Å². The van der Waals surface area contributed by atoms with E-state index < -0.39 is 111 Å². The molecule has 4 fully saturated rings. The van der Waals surface area contributed by atoms with Crippen molar-refractivity contribution >= 4 is 26.1 Å². The SMILES string of the molecule is CCCCNC(=O)[C@]1(NC(C)=O)[C@H](C)O[C@@H](O[C@H]2[C@H](C)O[C@@H](O[C@@H]3/C(C)=C/C[C@@H]4C[C@@H](C[C@]5(C=C[C@H](C)[C@@H]([C@@H](C)CC)O5)O4)OC(=O)[C@@H]4C=C(C)[C@@H](O[Si](C)(C)C(C)(C)C)[C@H]5OC/C(=C\C=C\[C@@H]3C)[C@]54O)C[C@@H]2OC)C[C@@H]1OC. The molecule has 0 unspecified atom stereocenters. The maximum Gasteiger partial charge on any atom is 0.316 e. The standard InChI is InChI=1S/C61H98N2O15Si/c1-18-20-28-62-57(66)60(63-42(10)64)41(9)72-50(32-48(60)69-15)75-54-40(8)71-49(31-47(54)68-14)74-51-36(4)22-21-23-43-34-70-55-53(78-79(16,17)58(11,12)13)39(7)29-46(61(43,55)67)56(65)73-45-30-44(25-24-37(51)5)76-59(33-45)27-26-38(6)52(77-59)35(3)19-2/h21-24,26-27,29,35-36,38,40-41,44-55,67H,18-20,25,28,30-34H2,1-17H3,(H,62,66)(H,63,64)/b22-21+,37-24+,43-23+/t35-,36-,38-,40-,41-,44+,45-,46-,47-,48-,49-,50-,51-,52+,53+,54-,55+,59+,60-,61+/m0/s1. The van der Waals surface area contributed by atoms with Crippen molar-refractivity contribution in [3.63, 3.8) is 0 Å². The first-order valence-corrected chi connectivity index (χ1v) is 32.3. The molecule has 7 rings (SSSR count). The van der Waals surface area contributed by atoms with Gasteiger partial charge in [-0.3, -0.25) is 14.4 Å². The Kier molecular flexibility index (Phi) is 20.7. The molecule has 0 aromatic carbocycles. The molecule has 0 aromatic rings. The zero-order valence-corrected chi connectivity index (χ0v) is 51.6. The third kappa shape index (κ3) is 13.5. The van der Waals surface area contributed by atoms with Crippen LogP contribution in [0.5, 0.6) is 0 Å². The summed E-state index contributed by atoms with van der Waals surface area (Å²) in [6.07, 6.45) is 10.4. The van der Waals surface area contributed by atoms with Crippen molar-refractivity contribution in [2.45, 2.75) is 256 Å². The summed E-state index contributed by atoms with van der Waals surface area (Å²) in [7, 11) is 0.749. The van der Waals surface area contributed by atoms with Crippen molar-refractivity contribution in [2.24, 2.45) is 23.7 Å². The minimum Gasteiger partial charge on any atom is -0.462 e. The molecule has 6 heterocycles. The van der Waals surface area contributed by atoms with Gasteiger partial charge in [-0.15, -0.1) is 0 Å². The molecule has 0 aromatic heterocycles. The fourth-order valence-electron chi connectivity index (χ4n) is 12.6. The van der Waals surface area contributed by atoms with E-state index in [4.69, 9.17) is 51.8 Å². The lowest BCUT2D eigenvalue weighted by Gasteiger charge is -2.49. The summed E-state index contributed by atoms with van der Waals surface area (Å²) in [6, 6.07) is 0. The molecule has 446 valence electrons. The maximum absolute atomic E-state index is 14.9. The van der Waals surface area contributed by atoms with Crippen molar-refractivity contribution in [3.8, 4) is 0 Å². The molecule has 1 spiro atoms. The number of aliphatic hydroxyl groups is 1. The number of esters is 1. The van der Waals surface area contributed by atoms with Crippen LogP contribution in [0.15, 0.2) is 59.3 Å². The molecule has 2 bridgehead atoms. The Balaban J connectivity index is 1.18. The van der Waals surface area contributed by atoms with E-state index in [0.29, 0.717) is 37.8 Å². The van der Waals surface area contributed by atoms with Gasteiger partial charge in [0, 0.05) is 65.2 Å². The molecule has 4 saturated heterocycles. The quantitative estimate of drug-likeness (QED) is 0.0608. The fraction of sp³-hybridized carbons (Fsp3) is 0.787. The third-order valence-electron chi connectivity index (χ3n) is 18.5. The van der Waals surface area contributed by atoms with Crippen molar-refractivity contribution in [2.75, 3.05) is 27.4 Å². The van der Waals surface area contributed by atoms with Gasteiger partial charge in [-0.05, 0) is 87.4 Å². The average Bonchev–Trinajstić information content (AvgIpc) is 4.03. The van der Waals surface area contributed by atoms with Crippen LogP contribution in [0.3, 0.4) is 0 Å². The molecular formula is C61H98N2O15Si. The van der Waals surface area contributed by atoms with Crippen LogP contribution in [0.25, 0.3) is 0 Å². The second-order valence-electron chi connectivity index (χ2n) is 25.4. The first-order chi connectivity index (χ1) is 37.2. The van der Waals surface area contributed by atoms with E-state index in [1.807, 2.05) is 51.2 Å². The maximum atomic E-state index is 14.9. The summed E-state index contributed by atoms with van der Waals surface area (Å²) in [5.41, 5.74) is -0.936. The lowest BCUT2D eigenvalue weighted by Crippen LogP contribution is -2.74. The number of carbonyl (C=O) groups is 3. The Hall–Kier alpha value is -3.11. The highest BCUT2D eigenvalue weighted by molar-refractivity contribution is 6.74. The number of nitrogens with one attached hydrogen (secondary N) is 2. The summed E-state index contributed by atoms with van der Waals surface area (Å²) in [4.78, 5) is 41.4. The van der Waals surface area contributed by atoms with Crippen LogP contribution in [0.4, 0.5) is 0 Å². The highest BCUT2D eigenvalue weighted by atomic mass is 28.4. The fourth-order valence-corrected chi connectivity index (χ4v) is 13.9. The summed E-state index contributed by atoms with van der Waals surface area (Å²) in [5.74, 6) is -3.32. The molecule has 79 heavy (non-hydrogen) atoms. The molecule has 1 aliphatic carbocycles. The molecule has 0 radical (unpaired) electrons. The summed E-state index contributed by atoms with van der Waals surface area (Å²) >= 11 is 0. The highest BCUT2D eigenvalue weighted by Gasteiger charge is 2.62. The smallest absolute Gasteiger partial charge is 0.316 e. The summed E-state index contributed by atoms with van der Waals surface area (Å²) in [6.45, 7) is 31.2. The largest absolute Gasteiger partial charge is 0.462 e. The van der Waals surface area contributed by atoms with E-state index in [-0.39, 0.29) is 53.7 Å². The van der Waals surface area contributed by atoms with Crippen molar-refractivity contribution in [3.05, 3.63) is 59.3 Å². The lowest BCUT2D eigenvalue weighted by molar-refractivity contribution is -0.316. The van der Waals surface area contributed by atoms with Gasteiger partial charge in [-0.25, -0.2) is 0 Å². The Morgan fingerprint density at radius 2 is 1.65 bits per heavy atom. The molecule has 7 aliphatic rings. The minimum absolute atomic E-state index is 0.0915. The highest BCUT2D eigenvalue weighted by Crippen LogP contribution is 2.50. The number of hydrogen-bond donors (Lipinski definition) is 3. The Morgan fingerprint density at radius 1 is 0.924 bits per heavy atom. The van der Waals surface area contributed by atoms with E-state index in [9.17, 15) is 19.5 Å². The van der Waals surface area contributed by atoms with Crippen LogP contribution in [-0.4, -0.2) is 155 Å². The van der Waals surface area contributed by atoms with E-state index in [0.717, 1.165) is 30.4 Å². The van der Waals surface area contributed by atoms with E-state index in [1.54, 1.807) is 14.0 Å². The Labute approximate surface area is 472 Å². The van der Waals surface area contributed by atoms with Gasteiger partial charge >= 0.3 is 5.97 Å². The van der Waals surface area contributed by atoms with E-state index >= 15 is 0 Å². The third-order valence-corrected chi connectivity index (χ3v) is 23.0. The first kappa shape index (κ1) is 63.5. The minimum atomic E-state index is -2.41. The van der Waals surface area contributed by atoms with E-state index in [2.05, 4.69) is 91.3 Å². The topological polar surface area (TPSA) is 197 Å². The Bertz CT molecular complexity index is 2300. The van der Waals surface area contributed by atoms with Gasteiger partial charge < -0.3 is 67.5 Å². The molecule has 3 N–H and O–H groups in total. The number of allylic oxidation sites excluding steroid dienone is 2. The predicted molar refractivity (Wildman–Crippen MR) is 302 cm³/mol. The van der Waals surface area contributed by atoms with Crippen LogP contribution in [0, 0.1) is 23.7 Å². The zero-order chi connectivity index (χ0) is 58.0. The molecular weight excluding hydrogens is 1030 g/mol. The van der Waals surface area contributed by atoms with Gasteiger partial charge in [0.05, 0.1) is 55.4 Å². The van der Waals surface area contributed by atoms with Gasteiger partial charge in [0.1, 0.15) is 29.8 Å². The van der Waals surface area contributed by atoms with Gasteiger partial charge in [0.25, 0.3) is 5.91 Å². The molecule has 0 saturated carbocycles. The second-order valence-corrected chi connectivity index (χ2v) is 30.1. The van der Waals surface area contributed by atoms with Gasteiger partial charge in [-0.1, -0.05) is 105 Å². The van der Waals surface area contributed by atoms with Crippen molar-refractivity contribution in [1.82, 2.24) is 10.6 Å². The summed E-state index contributed by atoms with van der Waals surface area (Å²) in [5, 5.41) is 19.0. The number of rotatable bonds is 15. The van der Waals surface area contributed by atoms with Crippen LogP contribution < -0.4 is 10.6 Å². The van der Waals surface area contributed by atoms with Crippen LogP contribution in [0.1, 0.15) is 141 Å². The number of fused-ring (bicyclic) bond motifs is 2. The molecule has 6 aliphatic heterocycles. The number of carbonyl (C=O) groups excluding carboxylic acids is 3. The average molecular weight is 1130 g/mol. The lowest BCUT2D eigenvalue weighted by atomic mass is 9.71. The summed E-state index contributed by atoms with van der Waals surface area (Å²) < 4.78 is 73.3. The van der Waals surface area contributed by atoms with Gasteiger partial charge in [0.15, 0.2) is 32.2 Å². The second kappa shape index (κ2) is 25.8. The molecule has 18 heteroatoms. The normalized spacial score (nSPS) is 42.4. The van der Waals surface area contributed by atoms with Gasteiger partial charge in [0.2, 0.25) is 5.91 Å². The number of methoxy groups -OCH3 is 2. The predicted octanol–water partition coefficient (Wildman–Crippen LogP) is 8.84. The Morgan fingerprint density at radius 3 is 2.30 bits per heavy atom. The molecule has 2 amide bonds. The number of ether oxygens (including phenoxy) is 10. The number of hydrogen-bond acceptors (Lipinski definition) is 15. The van der Waals surface area contributed by atoms with E-state index in [1.165, 1.54) is 14.0 Å². The molecule has 20 atom stereocenters. The number of unbranched alkanes of at least 4 members (excludes halogenated alkanes) is 1. The zero-order valence-electron chi connectivity index (χ0n) is 50.6. The van der Waals surface area contributed by atoms with Crippen LogP contribution in [-0.2, 0) is 66.2 Å². The monoisotopic (exact) mass is 1130 g/mol. The number of amides is 2. The first-order valence-electron chi connectivity index (χ1n) is 29.4. The van der Waals surface area contributed by atoms with Crippen molar-refractivity contribution < 1.29 is 71.3 Å². The van der Waals surface area contributed by atoms with Crippen LogP contribution in [0.2, 0.25) is 18.1 Å². The van der Waals surface area contributed by atoms with Crippen LogP contribution >= 0.6 is 0 Å². The molecule has 17 nitrogen and oxygen atoms in total.